The molecule has 0 bridgehead atoms. The van der Waals surface area contributed by atoms with Crippen LogP contribution in [0.2, 0.25) is 0 Å². The van der Waals surface area contributed by atoms with Gasteiger partial charge in [-0.15, -0.1) is 12.8 Å². The van der Waals surface area contributed by atoms with Gasteiger partial charge in [-0.05, 0) is 24.6 Å². The van der Waals surface area contributed by atoms with E-state index in [1.807, 2.05) is 0 Å². The Bertz CT molecular complexity index is 629. The summed E-state index contributed by atoms with van der Waals surface area (Å²) in [7, 11) is 1.51. The highest BCUT2D eigenvalue weighted by Gasteiger charge is 2.30. The summed E-state index contributed by atoms with van der Waals surface area (Å²) in [6.07, 6.45) is 9.80. The molecule has 0 spiro atoms. The SMILES string of the molecule is C#CCOc1ccc(C(OCC#C)C(Br)C(=O)OCC)cc1OC. The van der Waals surface area contributed by atoms with Crippen molar-refractivity contribution >= 4 is 21.9 Å². The molecular formula is C18H19BrO5. The van der Waals surface area contributed by atoms with Crippen molar-refractivity contribution in [3.05, 3.63) is 23.8 Å². The first-order chi connectivity index (χ1) is 11.6. The van der Waals surface area contributed by atoms with E-state index in [0.717, 1.165) is 0 Å². The summed E-state index contributed by atoms with van der Waals surface area (Å²) in [4.78, 5) is 11.3. The van der Waals surface area contributed by atoms with Gasteiger partial charge in [0.15, 0.2) is 11.5 Å². The molecular weight excluding hydrogens is 376 g/mol. The minimum Gasteiger partial charge on any atom is -0.493 e. The first-order valence-corrected chi connectivity index (χ1v) is 8.10. The van der Waals surface area contributed by atoms with Crippen LogP contribution in [0, 0.1) is 24.7 Å². The van der Waals surface area contributed by atoms with Gasteiger partial charge in [0.25, 0.3) is 0 Å². The van der Waals surface area contributed by atoms with E-state index in [2.05, 4.69) is 27.8 Å². The van der Waals surface area contributed by atoms with Crippen LogP contribution in [0.15, 0.2) is 18.2 Å². The number of hydrogen-bond acceptors (Lipinski definition) is 5. The Morgan fingerprint density at radius 2 is 1.96 bits per heavy atom. The van der Waals surface area contributed by atoms with Crippen molar-refractivity contribution in [1.29, 1.82) is 0 Å². The summed E-state index contributed by atoms with van der Waals surface area (Å²) >= 11 is 3.32. The third kappa shape index (κ3) is 5.49. The van der Waals surface area contributed by atoms with Crippen molar-refractivity contribution in [2.24, 2.45) is 0 Å². The molecule has 0 saturated heterocycles. The predicted octanol–water partition coefficient (Wildman–Crippen LogP) is 2.72. The van der Waals surface area contributed by atoms with Gasteiger partial charge < -0.3 is 18.9 Å². The summed E-state index contributed by atoms with van der Waals surface area (Å²) in [6, 6.07) is 5.16. The smallest absolute Gasteiger partial charge is 0.322 e. The van der Waals surface area contributed by atoms with Crippen LogP contribution in [0.3, 0.4) is 0 Å². The lowest BCUT2D eigenvalue weighted by Gasteiger charge is -2.22. The highest BCUT2D eigenvalue weighted by Crippen LogP contribution is 2.34. The summed E-state index contributed by atoms with van der Waals surface area (Å²) < 4.78 is 21.3. The van der Waals surface area contributed by atoms with Crippen LogP contribution in [0.25, 0.3) is 0 Å². The van der Waals surface area contributed by atoms with Crippen molar-refractivity contribution in [2.45, 2.75) is 17.9 Å². The van der Waals surface area contributed by atoms with E-state index in [9.17, 15) is 4.79 Å². The van der Waals surface area contributed by atoms with Crippen LogP contribution in [-0.2, 0) is 14.3 Å². The van der Waals surface area contributed by atoms with Crippen molar-refractivity contribution in [1.82, 2.24) is 0 Å². The van der Waals surface area contributed by atoms with Crippen LogP contribution < -0.4 is 9.47 Å². The molecule has 0 radical (unpaired) electrons. The summed E-state index contributed by atoms with van der Waals surface area (Å²) in [5.41, 5.74) is 0.685. The number of terminal acetylenes is 2. The molecule has 2 unspecified atom stereocenters. The normalized spacial score (nSPS) is 12.4. The number of benzene rings is 1. The van der Waals surface area contributed by atoms with E-state index >= 15 is 0 Å². The monoisotopic (exact) mass is 394 g/mol. The van der Waals surface area contributed by atoms with E-state index in [1.165, 1.54) is 7.11 Å². The Hall–Kier alpha value is -2.15. The van der Waals surface area contributed by atoms with Gasteiger partial charge in [-0.1, -0.05) is 33.8 Å². The lowest BCUT2D eigenvalue weighted by atomic mass is 10.1. The van der Waals surface area contributed by atoms with Crippen LogP contribution >= 0.6 is 15.9 Å². The zero-order valence-electron chi connectivity index (χ0n) is 13.6. The highest BCUT2D eigenvalue weighted by molar-refractivity contribution is 9.10. The third-order valence-corrected chi connectivity index (χ3v) is 3.80. The average molecular weight is 395 g/mol. The molecule has 0 heterocycles. The molecule has 6 heteroatoms. The number of alkyl halides is 1. The fourth-order valence-electron chi connectivity index (χ4n) is 1.93. The van der Waals surface area contributed by atoms with Crippen molar-refractivity contribution in [2.75, 3.05) is 26.9 Å². The topological polar surface area (TPSA) is 54.0 Å². The molecule has 24 heavy (non-hydrogen) atoms. The average Bonchev–Trinajstić information content (AvgIpc) is 2.60. The van der Waals surface area contributed by atoms with Gasteiger partial charge in [0.1, 0.15) is 24.1 Å². The van der Waals surface area contributed by atoms with E-state index in [1.54, 1.807) is 25.1 Å². The molecule has 128 valence electrons. The molecule has 0 N–H and O–H groups in total. The Morgan fingerprint density at radius 1 is 1.25 bits per heavy atom. The quantitative estimate of drug-likeness (QED) is 0.366. The number of halogens is 1. The van der Waals surface area contributed by atoms with Crippen LogP contribution in [0.5, 0.6) is 11.5 Å². The highest BCUT2D eigenvalue weighted by atomic mass is 79.9. The fourth-order valence-corrected chi connectivity index (χ4v) is 2.52. The van der Waals surface area contributed by atoms with Gasteiger partial charge in [0.2, 0.25) is 0 Å². The second-order valence-electron chi connectivity index (χ2n) is 4.49. The molecule has 1 rings (SSSR count). The van der Waals surface area contributed by atoms with Gasteiger partial charge in [0.05, 0.1) is 13.7 Å². The fraction of sp³-hybridized carbons (Fsp3) is 0.389. The minimum atomic E-state index is -0.715. The van der Waals surface area contributed by atoms with Crippen molar-refractivity contribution < 1.29 is 23.7 Å². The second kappa shape index (κ2) is 10.6. The Morgan fingerprint density at radius 3 is 2.54 bits per heavy atom. The number of carbonyl (C=O) groups excluding carboxylic acids is 1. The number of rotatable bonds is 9. The maximum atomic E-state index is 12.0. The van der Waals surface area contributed by atoms with Gasteiger partial charge in [-0.3, -0.25) is 4.79 Å². The van der Waals surface area contributed by atoms with E-state index in [4.69, 9.17) is 31.8 Å². The summed E-state index contributed by atoms with van der Waals surface area (Å²) in [6.45, 7) is 2.17. The standard InChI is InChI=1S/C18H19BrO5/c1-5-10-23-14-9-8-13(12-15(14)21-4)17(24-11-6-2)16(19)18(20)22-7-3/h1-2,8-9,12,16-17H,7,10-11H2,3-4H3. The zero-order valence-corrected chi connectivity index (χ0v) is 15.2. The molecule has 5 nitrogen and oxygen atoms in total. The largest absolute Gasteiger partial charge is 0.493 e. The molecule has 2 atom stereocenters. The molecule has 0 aliphatic heterocycles. The molecule has 0 aliphatic rings. The third-order valence-electron chi connectivity index (χ3n) is 2.95. The minimum absolute atomic E-state index is 0.0455. The van der Waals surface area contributed by atoms with Crippen molar-refractivity contribution in [3.63, 3.8) is 0 Å². The predicted molar refractivity (Wildman–Crippen MR) is 94.2 cm³/mol. The molecule has 0 amide bonds. The molecule has 1 aromatic rings. The van der Waals surface area contributed by atoms with Gasteiger partial charge in [-0.2, -0.15) is 0 Å². The summed E-state index contributed by atoms with van der Waals surface area (Å²) in [5.74, 6) is 5.31. The molecule has 0 aromatic heterocycles. The maximum absolute atomic E-state index is 12.0. The van der Waals surface area contributed by atoms with E-state index < -0.39 is 16.9 Å². The lowest BCUT2D eigenvalue weighted by Crippen LogP contribution is -2.27. The van der Waals surface area contributed by atoms with Crippen LogP contribution in [0.1, 0.15) is 18.6 Å². The lowest BCUT2D eigenvalue weighted by molar-refractivity contribution is -0.145. The molecule has 0 fully saturated rings. The molecule has 1 aromatic carbocycles. The van der Waals surface area contributed by atoms with Crippen LogP contribution in [0.4, 0.5) is 0 Å². The number of carbonyl (C=O) groups is 1. The van der Waals surface area contributed by atoms with Crippen molar-refractivity contribution in [3.8, 4) is 36.2 Å². The Kier molecular flexibility index (Phi) is 8.78. The number of methoxy groups -OCH3 is 1. The van der Waals surface area contributed by atoms with Gasteiger partial charge >= 0.3 is 5.97 Å². The Balaban J connectivity index is 3.11. The Labute approximate surface area is 150 Å². The number of ether oxygens (including phenoxy) is 4. The van der Waals surface area contributed by atoms with E-state index in [0.29, 0.717) is 17.1 Å². The van der Waals surface area contributed by atoms with E-state index in [-0.39, 0.29) is 19.8 Å². The number of hydrogen-bond donors (Lipinski definition) is 0. The van der Waals surface area contributed by atoms with Crippen LogP contribution in [-0.4, -0.2) is 37.7 Å². The van der Waals surface area contributed by atoms with Gasteiger partial charge in [0, 0.05) is 0 Å². The molecule has 0 aliphatic carbocycles. The number of esters is 1. The summed E-state index contributed by atoms with van der Waals surface area (Å²) in [5, 5.41) is 0. The molecule has 0 saturated carbocycles. The zero-order chi connectivity index (χ0) is 17.9. The second-order valence-corrected chi connectivity index (χ2v) is 5.48. The first kappa shape index (κ1) is 19.9. The first-order valence-electron chi connectivity index (χ1n) is 7.18. The maximum Gasteiger partial charge on any atom is 0.322 e. The van der Waals surface area contributed by atoms with Gasteiger partial charge in [-0.25, -0.2) is 0 Å².